The molecule has 1 aliphatic rings. The van der Waals surface area contributed by atoms with Crippen LogP contribution in [-0.2, 0) is 17.8 Å². The summed E-state index contributed by atoms with van der Waals surface area (Å²) >= 11 is 13.6. The molecule has 0 bridgehead atoms. The molecule has 184 valence electrons. The number of aryl methyl sites for hydroxylation is 1. The van der Waals surface area contributed by atoms with Gasteiger partial charge in [0.05, 0.1) is 17.7 Å². The largest absolute Gasteiger partial charge is 0.493 e. The fourth-order valence-electron chi connectivity index (χ4n) is 3.55. The summed E-state index contributed by atoms with van der Waals surface area (Å²) < 4.78 is 11.8. The fraction of sp³-hybridized carbons (Fsp3) is 0.143. The van der Waals surface area contributed by atoms with Crippen LogP contribution in [0, 0.1) is 6.92 Å². The molecule has 5 nitrogen and oxygen atoms in total. The summed E-state index contributed by atoms with van der Waals surface area (Å²) in [7, 11) is 1.58. The molecule has 0 aliphatic carbocycles. The van der Waals surface area contributed by atoms with Crippen LogP contribution < -0.4 is 14.8 Å². The molecule has 8 heteroatoms. The number of carbonyl (C=O) groups excluding carboxylic acids is 1. The summed E-state index contributed by atoms with van der Waals surface area (Å²) in [5, 5.41) is 4.45. The lowest BCUT2D eigenvalue weighted by atomic mass is 10.0. The summed E-state index contributed by atoms with van der Waals surface area (Å²) in [6.07, 6.45) is 4.15. The maximum atomic E-state index is 12.6. The summed E-state index contributed by atoms with van der Waals surface area (Å²) in [6.45, 7) is 6.12. The topological polar surface area (TPSA) is 59.9 Å². The van der Waals surface area contributed by atoms with Crippen molar-refractivity contribution in [2.75, 3.05) is 7.11 Å². The van der Waals surface area contributed by atoms with Crippen molar-refractivity contribution >= 4 is 57.8 Å². The van der Waals surface area contributed by atoms with Gasteiger partial charge in [0.1, 0.15) is 6.61 Å². The highest BCUT2D eigenvalue weighted by Crippen LogP contribution is 2.37. The third-order valence-corrected chi connectivity index (χ3v) is 6.84. The minimum absolute atomic E-state index is 0.201. The second kappa shape index (κ2) is 11.7. The Balaban J connectivity index is 1.60. The number of thioether (sulfide) groups is 1. The zero-order chi connectivity index (χ0) is 25.7. The number of nitrogens with one attached hydrogen (secondary N) is 1. The van der Waals surface area contributed by atoms with Gasteiger partial charge in [0, 0.05) is 21.2 Å². The molecule has 0 atom stereocenters. The molecule has 4 rings (SSSR count). The number of methoxy groups -OCH3 is 1. The van der Waals surface area contributed by atoms with Crippen molar-refractivity contribution < 1.29 is 14.3 Å². The van der Waals surface area contributed by atoms with E-state index < -0.39 is 0 Å². The molecular weight excluding hydrogens is 515 g/mol. The van der Waals surface area contributed by atoms with Gasteiger partial charge in [0.15, 0.2) is 16.7 Å². The minimum atomic E-state index is -0.201. The number of carbonyl (C=O) groups is 1. The van der Waals surface area contributed by atoms with Gasteiger partial charge < -0.3 is 14.8 Å². The van der Waals surface area contributed by atoms with E-state index in [0.29, 0.717) is 38.0 Å². The Morgan fingerprint density at radius 1 is 1.08 bits per heavy atom. The lowest BCUT2D eigenvalue weighted by Gasteiger charge is -2.16. The molecule has 0 radical (unpaired) electrons. The van der Waals surface area contributed by atoms with Crippen molar-refractivity contribution in [3.8, 4) is 11.5 Å². The summed E-state index contributed by atoms with van der Waals surface area (Å²) in [6, 6.07) is 16.9. The van der Waals surface area contributed by atoms with Crippen LogP contribution in [0.4, 0.5) is 5.69 Å². The Morgan fingerprint density at radius 2 is 1.86 bits per heavy atom. The lowest BCUT2D eigenvalue weighted by molar-refractivity contribution is -0.115. The summed E-state index contributed by atoms with van der Waals surface area (Å²) in [5.41, 5.74) is 4.41. The van der Waals surface area contributed by atoms with Gasteiger partial charge >= 0.3 is 0 Å². The lowest BCUT2D eigenvalue weighted by Crippen LogP contribution is -2.19. The van der Waals surface area contributed by atoms with Crippen molar-refractivity contribution in [3.63, 3.8) is 0 Å². The van der Waals surface area contributed by atoms with Crippen LogP contribution in [-0.4, -0.2) is 18.2 Å². The monoisotopic (exact) mass is 538 g/mol. The van der Waals surface area contributed by atoms with E-state index in [1.165, 1.54) is 11.8 Å². The number of hydrogen-bond acceptors (Lipinski definition) is 5. The van der Waals surface area contributed by atoms with E-state index in [2.05, 4.69) is 16.9 Å². The second-order valence-corrected chi connectivity index (χ2v) is 9.92. The molecule has 1 fully saturated rings. The number of aliphatic imine (C=N–C) groups is 1. The van der Waals surface area contributed by atoms with Gasteiger partial charge in [-0.15, -0.1) is 6.58 Å². The number of amides is 1. The Bertz CT molecular complexity index is 1370. The van der Waals surface area contributed by atoms with Crippen LogP contribution in [0.25, 0.3) is 6.08 Å². The Labute approximate surface area is 224 Å². The number of ether oxygens (including phenoxy) is 2. The minimum Gasteiger partial charge on any atom is -0.493 e. The van der Waals surface area contributed by atoms with E-state index in [-0.39, 0.29) is 12.5 Å². The number of halogens is 2. The standard InChI is InChI=1S/C28H24Cl2N2O3S/c1-4-5-19-12-18(13-24(34-3)26(19)35-16-20-8-9-21(29)15-23(20)30)14-25-27(33)32-28(36-25)31-22-10-6-17(2)7-11-22/h4,6-15H,1,5,16H2,2-3H3,(H,31,32,33)/b25-14+. The number of amidine groups is 1. The van der Waals surface area contributed by atoms with Crippen LogP contribution in [0.1, 0.15) is 22.3 Å². The van der Waals surface area contributed by atoms with Gasteiger partial charge in [-0.05, 0) is 73.1 Å². The molecule has 36 heavy (non-hydrogen) atoms. The maximum Gasteiger partial charge on any atom is 0.264 e. The maximum absolute atomic E-state index is 12.6. The average molecular weight is 539 g/mol. The highest BCUT2D eigenvalue weighted by atomic mass is 35.5. The van der Waals surface area contributed by atoms with E-state index in [9.17, 15) is 4.79 Å². The first-order valence-electron chi connectivity index (χ1n) is 11.1. The van der Waals surface area contributed by atoms with E-state index in [4.69, 9.17) is 32.7 Å². The van der Waals surface area contributed by atoms with Gasteiger partial charge in [-0.2, -0.15) is 0 Å². The molecule has 0 unspecified atom stereocenters. The Hall–Kier alpha value is -3.19. The highest BCUT2D eigenvalue weighted by molar-refractivity contribution is 8.18. The second-order valence-electron chi connectivity index (χ2n) is 8.05. The molecule has 1 aliphatic heterocycles. The zero-order valence-electron chi connectivity index (χ0n) is 19.8. The number of hydrogen-bond donors (Lipinski definition) is 1. The van der Waals surface area contributed by atoms with E-state index in [0.717, 1.165) is 27.9 Å². The normalized spacial score (nSPS) is 15.3. The van der Waals surface area contributed by atoms with Crippen LogP contribution in [0.15, 0.2) is 77.1 Å². The first kappa shape index (κ1) is 25.9. The van der Waals surface area contributed by atoms with Gasteiger partial charge in [0.25, 0.3) is 5.91 Å². The SMILES string of the molecule is C=CCc1cc(/C=C2/SC(=Nc3ccc(C)cc3)NC2=O)cc(OC)c1OCc1ccc(Cl)cc1Cl. The highest BCUT2D eigenvalue weighted by Gasteiger charge is 2.24. The molecule has 1 heterocycles. The third kappa shape index (κ3) is 6.32. The number of nitrogens with zero attached hydrogens (tertiary/aromatic N) is 1. The van der Waals surface area contributed by atoms with Crippen molar-refractivity contribution in [1.29, 1.82) is 0 Å². The molecular formula is C28H24Cl2N2O3S. The molecule has 0 saturated carbocycles. The third-order valence-electron chi connectivity index (χ3n) is 5.34. The summed E-state index contributed by atoms with van der Waals surface area (Å²) in [5.74, 6) is 0.937. The van der Waals surface area contributed by atoms with Gasteiger partial charge in [0.2, 0.25) is 0 Å². The summed E-state index contributed by atoms with van der Waals surface area (Å²) in [4.78, 5) is 17.7. The van der Waals surface area contributed by atoms with E-state index >= 15 is 0 Å². The molecule has 3 aromatic carbocycles. The van der Waals surface area contributed by atoms with Crippen molar-refractivity contribution in [1.82, 2.24) is 5.32 Å². The van der Waals surface area contributed by atoms with Crippen molar-refractivity contribution in [2.24, 2.45) is 4.99 Å². The van der Waals surface area contributed by atoms with Crippen LogP contribution >= 0.6 is 35.0 Å². The van der Waals surface area contributed by atoms with Crippen LogP contribution in [0.2, 0.25) is 10.0 Å². The van der Waals surface area contributed by atoms with Gasteiger partial charge in [-0.1, -0.05) is 53.0 Å². The number of benzene rings is 3. The van der Waals surface area contributed by atoms with Gasteiger partial charge in [-0.25, -0.2) is 4.99 Å². The molecule has 1 saturated heterocycles. The van der Waals surface area contributed by atoms with Crippen LogP contribution in [0.5, 0.6) is 11.5 Å². The molecule has 3 aromatic rings. The van der Waals surface area contributed by atoms with Crippen molar-refractivity contribution in [2.45, 2.75) is 20.0 Å². The first-order chi connectivity index (χ1) is 17.4. The van der Waals surface area contributed by atoms with Crippen LogP contribution in [0.3, 0.4) is 0 Å². The van der Waals surface area contributed by atoms with E-state index in [1.54, 1.807) is 25.3 Å². The number of allylic oxidation sites excluding steroid dienone is 1. The molecule has 1 N–H and O–H groups in total. The fourth-order valence-corrected chi connectivity index (χ4v) is 4.85. The Morgan fingerprint density at radius 3 is 2.56 bits per heavy atom. The zero-order valence-corrected chi connectivity index (χ0v) is 22.1. The average Bonchev–Trinajstić information content (AvgIpc) is 3.19. The smallest absolute Gasteiger partial charge is 0.264 e. The van der Waals surface area contributed by atoms with E-state index in [1.807, 2.05) is 55.5 Å². The quantitative estimate of drug-likeness (QED) is 0.238. The molecule has 0 spiro atoms. The number of rotatable bonds is 8. The van der Waals surface area contributed by atoms with Gasteiger partial charge in [-0.3, -0.25) is 4.79 Å². The Kier molecular flexibility index (Phi) is 8.41. The van der Waals surface area contributed by atoms with Crippen molar-refractivity contribution in [3.05, 3.63) is 104 Å². The predicted octanol–water partition coefficient (Wildman–Crippen LogP) is 7.51. The molecule has 1 amide bonds. The first-order valence-corrected chi connectivity index (χ1v) is 12.7. The predicted molar refractivity (Wildman–Crippen MR) is 150 cm³/mol. The molecule has 0 aromatic heterocycles.